The van der Waals surface area contributed by atoms with Crippen molar-refractivity contribution in [3.63, 3.8) is 0 Å². The molecule has 0 saturated heterocycles. The van der Waals surface area contributed by atoms with Gasteiger partial charge < -0.3 is 15.0 Å². The van der Waals surface area contributed by atoms with E-state index in [1.807, 2.05) is 31.4 Å². The van der Waals surface area contributed by atoms with Crippen molar-refractivity contribution in [3.05, 3.63) is 39.8 Å². The predicted molar refractivity (Wildman–Crippen MR) is 89.8 cm³/mol. The molecule has 0 unspecified atom stereocenters. The molecular weight excluding hydrogens is 298 g/mol. The molecule has 0 aliphatic rings. The van der Waals surface area contributed by atoms with Gasteiger partial charge in [-0.3, -0.25) is 4.79 Å². The Hall–Kier alpha value is -2.08. The first kappa shape index (κ1) is 16.3. The molecular formula is C16H21N3O2S. The molecule has 118 valence electrons. The lowest BCUT2D eigenvalue weighted by atomic mass is 10.1. The molecule has 6 heteroatoms. The standard InChI is InChI=1S/C16H21N3O2S/c1-5-21-15-7-6-12(16(20)19(3)4)8-14(15)17-9-13-10-22-11(2)18-13/h6-8,10,17H,5,9H2,1-4H3. The van der Waals surface area contributed by atoms with Gasteiger partial charge in [-0.05, 0) is 32.0 Å². The zero-order chi connectivity index (χ0) is 16.1. The number of nitrogens with zero attached hydrogens (tertiary/aromatic N) is 2. The van der Waals surface area contributed by atoms with Crippen LogP contribution in [0.1, 0.15) is 28.0 Å². The van der Waals surface area contributed by atoms with Crippen LogP contribution in [0.2, 0.25) is 0 Å². The third-order valence-corrected chi connectivity index (χ3v) is 3.88. The van der Waals surface area contributed by atoms with Crippen LogP contribution < -0.4 is 10.1 Å². The van der Waals surface area contributed by atoms with Gasteiger partial charge in [0.2, 0.25) is 0 Å². The Kier molecular flexibility index (Phi) is 5.38. The van der Waals surface area contributed by atoms with E-state index in [1.165, 1.54) is 0 Å². The van der Waals surface area contributed by atoms with Crippen molar-refractivity contribution in [2.45, 2.75) is 20.4 Å². The second-order valence-corrected chi connectivity index (χ2v) is 6.12. The van der Waals surface area contributed by atoms with Gasteiger partial charge in [-0.1, -0.05) is 0 Å². The summed E-state index contributed by atoms with van der Waals surface area (Å²) in [6.07, 6.45) is 0. The summed E-state index contributed by atoms with van der Waals surface area (Å²) in [5, 5.41) is 6.38. The normalized spacial score (nSPS) is 10.4. The molecule has 0 atom stereocenters. The Balaban J connectivity index is 2.21. The quantitative estimate of drug-likeness (QED) is 0.888. The average molecular weight is 319 g/mol. The number of hydrogen-bond donors (Lipinski definition) is 1. The first-order valence-corrected chi connectivity index (χ1v) is 8.02. The van der Waals surface area contributed by atoms with Crippen LogP contribution in [0.5, 0.6) is 5.75 Å². The summed E-state index contributed by atoms with van der Waals surface area (Å²) in [6.45, 7) is 5.10. The summed E-state index contributed by atoms with van der Waals surface area (Å²) < 4.78 is 5.62. The molecule has 1 aromatic carbocycles. The molecule has 1 aromatic heterocycles. The van der Waals surface area contributed by atoms with Gasteiger partial charge >= 0.3 is 0 Å². The predicted octanol–water partition coefficient (Wildman–Crippen LogP) is 3.16. The van der Waals surface area contributed by atoms with Crippen molar-refractivity contribution in [2.75, 3.05) is 26.0 Å². The number of carbonyl (C=O) groups is 1. The van der Waals surface area contributed by atoms with Gasteiger partial charge in [0, 0.05) is 25.0 Å². The molecule has 0 fully saturated rings. The molecule has 0 bridgehead atoms. The van der Waals surface area contributed by atoms with E-state index in [-0.39, 0.29) is 5.91 Å². The molecule has 0 aliphatic heterocycles. The maximum absolute atomic E-state index is 12.1. The van der Waals surface area contributed by atoms with Crippen LogP contribution >= 0.6 is 11.3 Å². The van der Waals surface area contributed by atoms with Crippen LogP contribution in [0, 0.1) is 6.92 Å². The first-order valence-electron chi connectivity index (χ1n) is 7.14. The van der Waals surface area contributed by atoms with E-state index in [2.05, 4.69) is 10.3 Å². The highest BCUT2D eigenvalue weighted by molar-refractivity contribution is 7.09. The Bertz CT molecular complexity index is 653. The zero-order valence-electron chi connectivity index (χ0n) is 13.3. The van der Waals surface area contributed by atoms with Crippen LogP contribution in [-0.2, 0) is 6.54 Å². The number of carbonyl (C=O) groups excluding carboxylic acids is 1. The summed E-state index contributed by atoms with van der Waals surface area (Å²) >= 11 is 1.62. The van der Waals surface area contributed by atoms with Crippen LogP contribution in [0.15, 0.2) is 23.6 Å². The van der Waals surface area contributed by atoms with Crippen molar-refractivity contribution in [1.29, 1.82) is 0 Å². The fourth-order valence-electron chi connectivity index (χ4n) is 2.02. The summed E-state index contributed by atoms with van der Waals surface area (Å²) in [5.74, 6) is 0.709. The van der Waals surface area contributed by atoms with E-state index in [4.69, 9.17) is 4.74 Å². The van der Waals surface area contributed by atoms with E-state index >= 15 is 0 Å². The van der Waals surface area contributed by atoms with Crippen molar-refractivity contribution < 1.29 is 9.53 Å². The smallest absolute Gasteiger partial charge is 0.253 e. The number of amides is 1. The molecule has 2 aromatic rings. The molecule has 0 spiro atoms. The SMILES string of the molecule is CCOc1ccc(C(=O)N(C)C)cc1NCc1csc(C)n1. The van der Waals surface area contributed by atoms with Gasteiger partial charge in [-0.2, -0.15) is 0 Å². The third-order valence-electron chi connectivity index (χ3n) is 3.06. The number of aryl methyl sites for hydroxylation is 1. The van der Waals surface area contributed by atoms with Gasteiger partial charge in [-0.15, -0.1) is 11.3 Å². The van der Waals surface area contributed by atoms with Crippen LogP contribution in [-0.4, -0.2) is 36.5 Å². The fraction of sp³-hybridized carbons (Fsp3) is 0.375. The Morgan fingerprint density at radius 2 is 2.18 bits per heavy atom. The van der Waals surface area contributed by atoms with E-state index < -0.39 is 0 Å². The second kappa shape index (κ2) is 7.26. The number of nitrogens with one attached hydrogen (secondary N) is 1. The molecule has 0 aliphatic carbocycles. The maximum atomic E-state index is 12.1. The van der Waals surface area contributed by atoms with Gasteiger partial charge in [0.1, 0.15) is 5.75 Å². The summed E-state index contributed by atoms with van der Waals surface area (Å²) in [4.78, 5) is 18.1. The lowest BCUT2D eigenvalue weighted by molar-refractivity contribution is 0.0827. The highest BCUT2D eigenvalue weighted by atomic mass is 32.1. The van der Waals surface area contributed by atoms with Crippen molar-refractivity contribution in [1.82, 2.24) is 9.88 Å². The van der Waals surface area contributed by atoms with Crippen LogP contribution in [0.3, 0.4) is 0 Å². The van der Waals surface area contributed by atoms with Gasteiger partial charge in [0.15, 0.2) is 0 Å². The molecule has 0 saturated carbocycles. The van der Waals surface area contributed by atoms with Crippen LogP contribution in [0.25, 0.3) is 0 Å². The highest BCUT2D eigenvalue weighted by Crippen LogP contribution is 2.27. The van der Waals surface area contributed by atoms with E-state index in [0.29, 0.717) is 18.7 Å². The largest absolute Gasteiger partial charge is 0.492 e. The molecule has 2 rings (SSSR count). The second-order valence-electron chi connectivity index (χ2n) is 5.05. The molecule has 0 radical (unpaired) electrons. The molecule has 1 heterocycles. The molecule has 22 heavy (non-hydrogen) atoms. The highest BCUT2D eigenvalue weighted by Gasteiger charge is 2.12. The molecule has 1 amide bonds. The third kappa shape index (κ3) is 3.98. The maximum Gasteiger partial charge on any atom is 0.253 e. The van der Waals surface area contributed by atoms with Crippen LogP contribution in [0.4, 0.5) is 5.69 Å². The summed E-state index contributed by atoms with van der Waals surface area (Å²) in [5.41, 5.74) is 2.42. The number of rotatable bonds is 6. The lowest BCUT2D eigenvalue weighted by Gasteiger charge is -2.15. The topological polar surface area (TPSA) is 54.5 Å². The van der Waals surface area contributed by atoms with E-state index in [9.17, 15) is 4.79 Å². The van der Waals surface area contributed by atoms with E-state index in [1.54, 1.807) is 36.4 Å². The first-order chi connectivity index (χ1) is 10.5. The lowest BCUT2D eigenvalue weighted by Crippen LogP contribution is -2.21. The number of hydrogen-bond acceptors (Lipinski definition) is 5. The Morgan fingerprint density at radius 3 is 2.77 bits per heavy atom. The number of benzene rings is 1. The van der Waals surface area contributed by atoms with Crippen molar-refractivity contribution in [3.8, 4) is 5.75 Å². The zero-order valence-corrected chi connectivity index (χ0v) is 14.2. The minimum Gasteiger partial charge on any atom is -0.492 e. The summed E-state index contributed by atoms with van der Waals surface area (Å²) in [7, 11) is 3.48. The number of aromatic nitrogens is 1. The van der Waals surface area contributed by atoms with Crippen molar-refractivity contribution >= 4 is 22.9 Å². The van der Waals surface area contributed by atoms with Gasteiger partial charge in [-0.25, -0.2) is 4.98 Å². The molecule has 1 N–H and O–H groups in total. The minimum atomic E-state index is -0.0319. The Morgan fingerprint density at radius 1 is 1.41 bits per heavy atom. The molecule has 5 nitrogen and oxygen atoms in total. The number of thiazole rings is 1. The summed E-state index contributed by atoms with van der Waals surface area (Å²) in [6, 6.07) is 5.44. The minimum absolute atomic E-state index is 0.0319. The van der Waals surface area contributed by atoms with E-state index in [0.717, 1.165) is 22.1 Å². The van der Waals surface area contributed by atoms with Gasteiger partial charge in [0.25, 0.3) is 5.91 Å². The number of ether oxygens (including phenoxy) is 1. The van der Waals surface area contributed by atoms with Crippen molar-refractivity contribution in [2.24, 2.45) is 0 Å². The Labute approximate surface area is 134 Å². The number of anilines is 1. The van der Waals surface area contributed by atoms with Gasteiger partial charge in [0.05, 0.1) is 29.5 Å². The fourth-order valence-corrected chi connectivity index (χ4v) is 2.63. The average Bonchev–Trinajstić information content (AvgIpc) is 2.91. The monoisotopic (exact) mass is 319 g/mol.